The lowest BCUT2D eigenvalue weighted by molar-refractivity contribution is -0.113. The van der Waals surface area contributed by atoms with Gasteiger partial charge in [0.2, 0.25) is 5.91 Å². The van der Waals surface area contributed by atoms with Crippen molar-refractivity contribution < 1.29 is 21.6 Å². The topological polar surface area (TPSA) is 115 Å². The molecule has 1 fully saturated rings. The fourth-order valence-corrected chi connectivity index (χ4v) is 6.34. The Balaban J connectivity index is 1.57. The SMILES string of the molecule is Cc1cc(NC(=O)CS(=O)(=O)CCCc2ccccc2)n(C2CCS(=O)(=O)C2)n1. The zero-order valence-corrected chi connectivity index (χ0v) is 17.9. The van der Waals surface area contributed by atoms with E-state index in [0.29, 0.717) is 30.8 Å². The number of rotatable bonds is 8. The van der Waals surface area contributed by atoms with Crippen molar-refractivity contribution in [3.8, 4) is 0 Å². The van der Waals surface area contributed by atoms with E-state index in [-0.39, 0.29) is 23.3 Å². The van der Waals surface area contributed by atoms with E-state index in [9.17, 15) is 21.6 Å². The Morgan fingerprint density at radius 1 is 1.28 bits per heavy atom. The minimum atomic E-state index is -3.55. The largest absolute Gasteiger partial charge is 0.310 e. The van der Waals surface area contributed by atoms with Gasteiger partial charge in [0.15, 0.2) is 19.7 Å². The number of nitrogens with one attached hydrogen (secondary N) is 1. The van der Waals surface area contributed by atoms with E-state index in [0.717, 1.165) is 5.56 Å². The first-order valence-corrected chi connectivity index (χ1v) is 13.1. The minimum Gasteiger partial charge on any atom is -0.310 e. The lowest BCUT2D eigenvalue weighted by Gasteiger charge is -2.14. The highest BCUT2D eigenvalue weighted by Crippen LogP contribution is 2.27. The molecule has 0 spiro atoms. The van der Waals surface area contributed by atoms with Gasteiger partial charge in [-0.05, 0) is 31.7 Å². The lowest BCUT2D eigenvalue weighted by atomic mass is 10.1. The molecule has 1 aromatic heterocycles. The van der Waals surface area contributed by atoms with Gasteiger partial charge in [0.25, 0.3) is 0 Å². The number of aryl methyl sites for hydroxylation is 2. The third-order valence-corrected chi connectivity index (χ3v) is 8.16. The maximum Gasteiger partial charge on any atom is 0.240 e. The molecule has 1 aromatic carbocycles. The van der Waals surface area contributed by atoms with E-state index in [1.54, 1.807) is 13.0 Å². The van der Waals surface area contributed by atoms with E-state index in [1.807, 2.05) is 30.3 Å². The van der Waals surface area contributed by atoms with Crippen molar-refractivity contribution in [2.75, 3.05) is 28.3 Å². The molecule has 29 heavy (non-hydrogen) atoms. The Morgan fingerprint density at radius 3 is 2.66 bits per heavy atom. The van der Waals surface area contributed by atoms with E-state index in [1.165, 1.54) is 4.68 Å². The van der Waals surface area contributed by atoms with Crippen LogP contribution in [-0.2, 0) is 30.9 Å². The second kappa shape index (κ2) is 8.66. The molecule has 2 aromatic rings. The Morgan fingerprint density at radius 2 is 2.00 bits per heavy atom. The highest BCUT2D eigenvalue weighted by atomic mass is 32.2. The second-order valence-corrected chi connectivity index (χ2v) is 11.8. The summed E-state index contributed by atoms with van der Waals surface area (Å²) in [5.74, 6) is -0.960. The summed E-state index contributed by atoms with van der Waals surface area (Å²) in [4.78, 5) is 12.3. The van der Waals surface area contributed by atoms with E-state index >= 15 is 0 Å². The molecule has 0 saturated carbocycles. The molecule has 1 saturated heterocycles. The van der Waals surface area contributed by atoms with Gasteiger partial charge < -0.3 is 5.32 Å². The molecule has 0 bridgehead atoms. The van der Waals surface area contributed by atoms with Gasteiger partial charge >= 0.3 is 0 Å². The first kappa shape index (κ1) is 21.5. The Bertz CT molecular complexity index is 1080. The molecule has 1 N–H and O–H groups in total. The molecule has 1 amide bonds. The highest BCUT2D eigenvalue weighted by Gasteiger charge is 2.31. The first-order valence-electron chi connectivity index (χ1n) is 9.44. The summed E-state index contributed by atoms with van der Waals surface area (Å²) in [6.45, 7) is 1.73. The molecule has 0 aliphatic carbocycles. The molecule has 1 atom stereocenters. The second-order valence-electron chi connectivity index (χ2n) is 7.40. The molecule has 158 valence electrons. The molecule has 8 nitrogen and oxygen atoms in total. The number of nitrogens with zero attached hydrogens (tertiary/aromatic N) is 2. The number of hydrogen-bond acceptors (Lipinski definition) is 6. The predicted octanol–water partition coefficient (Wildman–Crippen LogP) is 1.54. The fraction of sp³-hybridized carbons (Fsp3) is 0.474. The summed E-state index contributed by atoms with van der Waals surface area (Å²) in [6, 6.07) is 10.8. The highest BCUT2D eigenvalue weighted by molar-refractivity contribution is 7.92. The smallest absolute Gasteiger partial charge is 0.240 e. The number of carbonyl (C=O) groups is 1. The third-order valence-electron chi connectivity index (χ3n) is 4.79. The minimum absolute atomic E-state index is 0.0330. The van der Waals surface area contributed by atoms with Gasteiger partial charge in [-0.25, -0.2) is 21.5 Å². The van der Waals surface area contributed by atoms with Gasteiger partial charge in [-0.15, -0.1) is 0 Å². The van der Waals surface area contributed by atoms with Crippen molar-refractivity contribution in [3.63, 3.8) is 0 Å². The zero-order valence-electron chi connectivity index (χ0n) is 16.2. The molecular formula is C19H25N3O5S2. The quantitative estimate of drug-likeness (QED) is 0.667. The molecule has 10 heteroatoms. The number of amides is 1. The molecule has 3 rings (SSSR count). The van der Waals surface area contributed by atoms with Crippen LogP contribution >= 0.6 is 0 Å². The predicted molar refractivity (Wildman–Crippen MR) is 111 cm³/mol. The normalized spacial score (nSPS) is 18.6. The molecule has 0 radical (unpaired) electrons. The Labute approximate surface area is 171 Å². The van der Waals surface area contributed by atoms with Crippen LogP contribution in [0.2, 0.25) is 0 Å². The first-order chi connectivity index (χ1) is 13.6. The van der Waals surface area contributed by atoms with Crippen LogP contribution in [-0.4, -0.2) is 55.5 Å². The summed E-state index contributed by atoms with van der Waals surface area (Å²) in [5, 5.41) is 6.87. The van der Waals surface area contributed by atoms with Gasteiger partial charge in [0.1, 0.15) is 11.6 Å². The molecule has 1 unspecified atom stereocenters. The standard InChI is InChI=1S/C19H25N3O5S2/c1-15-12-18(22(21-15)17-9-11-29(26,27)13-17)20-19(23)14-28(24,25)10-5-8-16-6-3-2-4-7-16/h2-4,6-7,12,17H,5,8-11,13-14H2,1H3,(H,20,23). The van der Waals surface area contributed by atoms with Crippen molar-refractivity contribution in [2.24, 2.45) is 0 Å². The average Bonchev–Trinajstić information content (AvgIpc) is 3.16. The summed E-state index contributed by atoms with van der Waals surface area (Å²) < 4.78 is 49.5. The van der Waals surface area contributed by atoms with Gasteiger partial charge in [-0.2, -0.15) is 5.10 Å². The van der Waals surface area contributed by atoms with E-state index in [4.69, 9.17) is 0 Å². The number of anilines is 1. The lowest BCUT2D eigenvalue weighted by Crippen LogP contribution is -2.27. The molecular weight excluding hydrogens is 414 g/mol. The number of hydrogen-bond donors (Lipinski definition) is 1. The number of carbonyl (C=O) groups excluding carboxylic acids is 1. The van der Waals surface area contributed by atoms with Crippen LogP contribution in [0, 0.1) is 6.92 Å². The van der Waals surface area contributed by atoms with Crippen molar-refractivity contribution in [2.45, 2.75) is 32.2 Å². The van der Waals surface area contributed by atoms with E-state index < -0.39 is 31.3 Å². The van der Waals surface area contributed by atoms with Crippen LogP contribution in [0.5, 0.6) is 0 Å². The van der Waals surface area contributed by atoms with Crippen molar-refractivity contribution in [1.29, 1.82) is 0 Å². The van der Waals surface area contributed by atoms with Crippen LogP contribution in [0.1, 0.15) is 30.1 Å². The van der Waals surface area contributed by atoms with Crippen LogP contribution in [0.4, 0.5) is 5.82 Å². The Kier molecular flexibility index (Phi) is 6.42. The van der Waals surface area contributed by atoms with Gasteiger partial charge in [0, 0.05) is 6.07 Å². The molecule has 1 aliphatic rings. The van der Waals surface area contributed by atoms with Crippen molar-refractivity contribution in [1.82, 2.24) is 9.78 Å². The van der Waals surface area contributed by atoms with Crippen molar-refractivity contribution in [3.05, 3.63) is 47.7 Å². The number of sulfone groups is 2. The van der Waals surface area contributed by atoms with Gasteiger partial charge in [0.05, 0.1) is 29.0 Å². The summed E-state index contributed by atoms with van der Waals surface area (Å²) in [6.07, 6.45) is 1.49. The van der Waals surface area contributed by atoms with E-state index in [2.05, 4.69) is 10.4 Å². The maximum atomic E-state index is 12.3. The maximum absolute atomic E-state index is 12.3. The fourth-order valence-electron chi connectivity index (χ4n) is 3.45. The number of aromatic nitrogens is 2. The third kappa shape index (κ3) is 6.14. The van der Waals surface area contributed by atoms with Gasteiger partial charge in [-0.3, -0.25) is 4.79 Å². The molecule has 1 aliphatic heterocycles. The summed E-state index contributed by atoms with van der Waals surface area (Å²) >= 11 is 0. The van der Waals surface area contributed by atoms with Crippen molar-refractivity contribution >= 4 is 31.4 Å². The summed E-state index contributed by atoms with van der Waals surface area (Å²) in [5.41, 5.74) is 1.67. The molecule has 2 heterocycles. The van der Waals surface area contributed by atoms with Crippen LogP contribution in [0.15, 0.2) is 36.4 Å². The number of benzene rings is 1. The Hall–Kier alpha value is -2.20. The van der Waals surface area contributed by atoms with Gasteiger partial charge in [-0.1, -0.05) is 30.3 Å². The van der Waals surface area contributed by atoms with Crippen LogP contribution in [0.25, 0.3) is 0 Å². The van der Waals surface area contributed by atoms with Crippen LogP contribution < -0.4 is 5.32 Å². The monoisotopic (exact) mass is 439 g/mol. The zero-order chi connectivity index (χ0) is 21.1. The van der Waals surface area contributed by atoms with Crippen LogP contribution in [0.3, 0.4) is 0 Å². The summed E-state index contributed by atoms with van der Waals surface area (Å²) in [7, 11) is -6.66. The average molecular weight is 440 g/mol.